The fraction of sp³-hybridized carbons (Fsp3) is 0.320. The number of oxazole rings is 1. The molecule has 1 saturated heterocycles. The van der Waals surface area contributed by atoms with Crippen LogP contribution in [0.2, 0.25) is 0 Å². The summed E-state index contributed by atoms with van der Waals surface area (Å²) in [6, 6.07) is 12.7. The van der Waals surface area contributed by atoms with Gasteiger partial charge in [-0.2, -0.15) is 0 Å². The highest BCUT2D eigenvalue weighted by molar-refractivity contribution is 6.04. The van der Waals surface area contributed by atoms with Crippen molar-refractivity contribution in [1.82, 2.24) is 15.2 Å². The van der Waals surface area contributed by atoms with E-state index in [0.29, 0.717) is 22.6 Å². The molecular formula is C25H25N3O5. The first-order valence-corrected chi connectivity index (χ1v) is 11.2. The lowest BCUT2D eigenvalue weighted by molar-refractivity contribution is 0.0761. The van der Waals surface area contributed by atoms with E-state index in [1.165, 1.54) is 6.39 Å². The van der Waals surface area contributed by atoms with Crippen LogP contribution < -0.4 is 14.8 Å². The van der Waals surface area contributed by atoms with E-state index in [9.17, 15) is 9.59 Å². The number of hydrogen-bond donors (Lipinski definition) is 1. The summed E-state index contributed by atoms with van der Waals surface area (Å²) in [6.07, 6.45) is 5.52. The highest BCUT2D eigenvalue weighted by Crippen LogP contribution is 2.32. The first kappa shape index (κ1) is 21.1. The zero-order chi connectivity index (χ0) is 22.6. The van der Waals surface area contributed by atoms with Crippen LogP contribution in [-0.4, -0.2) is 41.6 Å². The first-order valence-electron chi connectivity index (χ1n) is 11.2. The van der Waals surface area contributed by atoms with Gasteiger partial charge in [-0.3, -0.25) is 9.59 Å². The number of hydrogen-bond acceptors (Lipinski definition) is 6. The van der Waals surface area contributed by atoms with E-state index in [4.69, 9.17) is 13.9 Å². The normalized spacial score (nSPS) is 15.2. The fourth-order valence-electron chi connectivity index (χ4n) is 4.23. The van der Waals surface area contributed by atoms with Crippen molar-refractivity contribution in [1.29, 1.82) is 0 Å². The third kappa shape index (κ3) is 4.41. The molecule has 0 bridgehead atoms. The summed E-state index contributed by atoms with van der Waals surface area (Å²) in [5.74, 6) is 1.21. The Labute approximate surface area is 191 Å². The molecule has 0 unspecified atom stereocenters. The number of aromatic nitrogens is 1. The second kappa shape index (κ2) is 9.36. The Morgan fingerprint density at radius 3 is 2.61 bits per heavy atom. The minimum atomic E-state index is -0.381. The molecule has 5 rings (SSSR count). The van der Waals surface area contributed by atoms with Gasteiger partial charge in [-0.1, -0.05) is 37.1 Å². The van der Waals surface area contributed by atoms with Gasteiger partial charge in [0.15, 0.2) is 29.3 Å². The molecule has 1 N–H and O–H groups in total. The van der Waals surface area contributed by atoms with E-state index < -0.39 is 0 Å². The van der Waals surface area contributed by atoms with E-state index in [1.807, 2.05) is 35.2 Å². The lowest BCUT2D eigenvalue weighted by Gasteiger charge is -2.21. The zero-order valence-electron chi connectivity index (χ0n) is 18.2. The summed E-state index contributed by atoms with van der Waals surface area (Å²) >= 11 is 0. The second-order valence-electron chi connectivity index (χ2n) is 8.15. The van der Waals surface area contributed by atoms with E-state index in [-0.39, 0.29) is 36.6 Å². The summed E-state index contributed by atoms with van der Waals surface area (Å²) in [5.41, 5.74) is 2.10. The van der Waals surface area contributed by atoms with Gasteiger partial charge in [0.1, 0.15) is 0 Å². The molecule has 1 fully saturated rings. The van der Waals surface area contributed by atoms with Gasteiger partial charge < -0.3 is 24.1 Å². The average Bonchev–Trinajstić information content (AvgIpc) is 3.45. The quantitative estimate of drug-likeness (QED) is 0.635. The molecule has 170 valence electrons. The third-order valence-corrected chi connectivity index (χ3v) is 5.97. The van der Waals surface area contributed by atoms with Gasteiger partial charge >= 0.3 is 0 Å². The summed E-state index contributed by atoms with van der Waals surface area (Å²) in [6.45, 7) is 1.97. The van der Waals surface area contributed by atoms with Crippen molar-refractivity contribution < 1.29 is 23.5 Å². The Hall–Kier alpha value is -3.81. The number of carbonyl (C=O) groups is 2. The SMILES string of the molecule is O=C(NCc1ccc2c(c1)OCO2)c1ncoc1-c1ccccc1C(=O)N1CCCCCC1. The number of carbonyl (C=O) groups excluding carboxylic acids is 2. The highest BCUT2D eigenvalue weighted by Gasteiger charge is 2.25. The monoisotopic (exact) mass is 447 g/mol. The molecule has 1 aromatic heterocycles. The summed E-state index contributed by atoms with van der Waals surface area (Å²) in [7, 11) is 0. The van der Waals surface area contributed by atoms with E-state index in [0.717, 1.165) is 44.3 Å². The molecule has 3 aromatic rings. The minimum absolute atomic E-state index is 0.0457. The van der Waals surface area contributed by atoms with Crippen molar-refractivity contribution in [2.24, 2.45) is 0 Å². The minimum Gasteiger partial charge on any atom is -0.454 e. The summed E-state index contributed by atoms with van der Waals surface area (Å²) in [4.78, 5) is 32.3. The number of nitrogens with zero attached hydrogens (tertiary/aromatic N) is 2. The Balaban J connectivity index is 1.35. The second-order valence-corrected chi connectivity index (χ2v) is 8.15. The largest absolute Gasteiger partial charge is 0.454 e. The predicted octanol–water partition coefficient (Wildman–Crippen LogP) is 4.02. The van der Waals surface area contributed by atoms with Crippen molar-refractivity contribution in [3.8, 4) is 22.8 Å². The number of fused-ring (bicyclic) bond motifs is 1. The number of rotatable bonds is 5. The lowest BCUT2D eigenvalue weighted by atomic mass is 10.0. The van der Waals surface area contributed by atoms with E-state index in [2.05, 4.69) is 10.3 Å². The van der Waals surface area contributed by atoms with Gasteiger partial charge in [-0.05, 0) is 36.6 Å². The predicted molar refractivity (Wildman–Crippen MR) is 120 cm³/mol. The van der Waals surface area contributed by atoms with E-state index in [1.54, 1.807) is 12.1 Å². The Morgan fingerprint density at radius 2 is 1.76 bits per heavy atom. The molecule has 0 radical (unpaired) electrons. The van der Waals surface area contributed by atoms with Crippen molar-refractivity contribution in [3.05, 3.63) is 65.7 Å². The molecule has 2 aliphatic heterocycles. The van der Waals surface area contributed by atoms with Gasteiger partial charge in [0, 0.05) is 25.2 Å². The number of benzene rings is 2. The molecule has 2 aromatic carbocycles. The van der Waals surface area contributed by atoms with Gasteiger partial charge in [-0.15, -0.1) is 0 Å². The average molecular weight is 447 g/mol. The molecule has 2 aliphatic rings. The topological polar surface area (TPSA) is 93.9 Å². The zero-order valence-corrected chi connectivity index (χ0v) is 18.2. The summed E-state index contributed by atoms with van der Waals surface area (Å²) < 4.78 is 16.3. The number of amides is 2. The van der Waals surface area contributed by atoms with Gasteiger partial charge in [0.05, 0.1) is 5.56 Å². The van der Waals surface area contributed by atoms with Crippen molar-refractivity contribution >= 4 is 11.8 Å². The molecule has 3 heterocycles. The maximum absolute atomic E-state index is 13.3. The van der Waals surface area contributed by atoms with Gasteiger partial charge in [0.25, 0.3) is 11.8 Å². The fourth-order valence-corrected chi connectivity index (χ4v) is 4.23. The third-order valence-electron chi connectivity index (χ3n) is 5.97. The number of ether oxygens (including phenoxy) is 2. The molecule has 2 amide bonds. The maximum atomic E-state index is 13.3. The molecule has 8 nitrogen and oxygen atoms in total. The van der Waals surface area contributed by atoms with Crippen molar-refractivity contribution in [2.75, 3.05) is 19.9 Å². The van der Waals surface area contributed by atoms with Crippen LogP contribution in [0, 0.1) is 0 Å². The molecule has 0 aliphatic carbocycles. The van der Waals surface area contributed by atoms with Crippen molar-refractivity contribution in [3.63, 3.8) is 0 Å². The standard InChI is InChI=1S/C25H25N3O5/c29-24(26-14-17-9-10-20-21(13-17)33-16-32-20)22-23(31-15-27-22)18-7-3-4-8-19(18)25(30)28-11-5-1-2-6-12-28/h3-4,7-10,13,15H,1-2,5-6,11-12,14,16H2,(H,26,29). The van der Waals surface area contributed by atoms with Gasteiger partial charge in [-0.25, -0.2) is 4.98 Å². The maximum Gasteiger partial charge on any atom is 0.274 e. The van der Waals surface area contributed by atoms with Gasteiger partial charge in [0.2, 0.25) is 6.79 Å². The van der Waals surface area contributed by atoms with Crippen LogP contribution in [0.15, 0.2) is 53.3 Å². The number of nitrogens with one attached hydrogen (secondary N) is 1. The van der Waals surface area contributed by atoms with Crippen LogP contribution in [0.3, 0.4) is 0 Å². The molecule has 0 atom stereocenters. The molecule has 33 heavy (non-hydrogen) atoms. The van der Waals surface area contributed by atoms with E-state index >= 15 is 0 Å². The number of likely N-dealkylation sites (tertiary alicyclic amines) is 1. The highest BCUT2D eigenvalue weighted by atomic mass is 16.7. The van der Waals surface area contributed by atoms with Crippen LogP contribution in [0.1, 0.15) is 52.1 Å². The van der Waals surface area contributed by atoms with Crippen LogP contribution in [0.25, 0.3) is 11.3 Å². The Kier molecular flexibility index (Phi) is 5.97. The molecule has 0 spiro atoms. The van der Waals surface area contributed by atoms with Crippen LogP contribution in [-0.2, 0) is 6.54 Å². The molecular weight excluding hydrogens is 422 g/mol. The first-order chi connectivity index (χ1) is 16.2. The lowest BCUT2D eigenvalue weighted by Crippen LogP contribution is -2.32. The Morgan fingerprint density at radius 1 is 0.970 bits per heavy atom. The van der Waals surface area contributed by atoms with Crippen LogP contribution >= 0.6 is 0 Å². The molecule has 8 heteroatoms. The van der Waals surface area contributed by atoms with Crippen molar-refractivity contribution in [2.45, 2.75) is 32.2 Å². The van der Waals surface area contributed by atoms with Crippen LogP contribution in [0.4, 0.5) is 0 Å². The molecule has 0 saturated carbocycles. The Bertz CT molecular complexity index is 1160. The summed E-state index contributed by atoms with van der Waals surface area (Å²) in [5, 5.41) is 2.87. The van der Waals surface area contributed by atoms with Crippen LogP contribution in [0.5, 0.6) is 11.5 Å². The smallest absolute Gasteiger partial charge is 0.274 e.